The second-order valence-electron chi connectivity index (χ2n) is 7.89. The molecule has 4 atom stereocenters. The van der Waals surface area contributed by atoms with E-state index in [1.54, 1.807) is 13.2 Å². The lowest BCUT2D eigenvalue weighted by atomic mass is 9.66. The van der Waals surface area contributed by atoms with Gasteiger partial charge in [0.15, 0.2) is 0 Å². The van der Waals surface area contributed by atoms with Crippen LogP contribution in [0.25, 0.3) is 0 Å². The number of aliphatic hydroxyl groups excluding tert-OH is 1. The average molecular weight is 336 g/mol. The summed E-state index contributed by atoms with van der Waals surface area (Å²) in [4.78, 5) is 2.40. The summed E-state index contributed by atoms with van der Waals surface area (Å²) in [6.45, 7) is 6.06. The van der Waals surface area contributed by atoms with Gasteiger partial charge in [0, 0.05) is 36.2 Å². The first-order valence-corrected chi connectivity index (χ1v) is 8.80. The molecule has 1 aromatic rings. The van der Waals surface area contributed by atoms with Crippen molar-refractivity contribution in [3.8, 4) is 5.75 Å². The summed E-state index contributed by atoms with van der Waals surface area (Å²) in [5.74, 6) is 0.990. The fourth-order valence-corrected chi connectivity index (χ4v) is 5.18. The van der Waals surface area contributed by atoms with Crippen LogP contribution < -0.4 is 10.1 Å². The monoisotopic (exact) mass is 336 g/mol. The molecule has 0 bridgehead atoms. The van der Waals surface area contributed by atoms with E-state index in [1.807, 2.05) is 0 Å². The zero-order chi connectivity index (χ0) is 17.5. The number of methoxy groups -OCH3 is 1. The zero-order valence-corrected chi connectivity index (χ0v) is 15.1. The van der Waals surface area contributed by atoms with Crippen LogP contribution in [0.4, 0.5) is 4.39 Å². The molecular weight excluding hydrogens is 307 g/mol. The van der Waals surface area contributed by atoms with Gasteiger partial charge in [-0.2, -0.15) is 0 Å². The summed E-state index contributed by atoms with van der Waals surface area (Å²) in [5, 5.41) is 14.0. The number of hydrogen-bond acceptors (Lipinski definition) is 4. The van der Waals surface area contributed by atoms with Crippen molar-refractivity contribution >= 4 is 0 Å². The Bertz CT molecular complexity index is 590. The van der Waals surface area contributed by atoms with Gasteiger partial charge in [-0.1, -0.05) is 13.8 Å². The number of likely N-dealkylation sites (tertiary alicyclic amines) is 1. The van der Waals surface area contributed by atoms with Gasteiger partial charge >= 0.3 is 0 Å². The largest absolute Gasteiger partial charge is 0.496 e. The number of hydrogen-bond donors (Lipinski definition) is 2. The van der Waals surface area contributed by atoms with E-state index in [1.165, 1.54) is 12.1 Å². The topological polar surface area (TPSA) is 44.7 Å². The summed E-state index contributed by atoms with van der Waals surface area (Å²) >= 11 is 0. The summed E-state index contributed by atoms with van der Waals surface area (Å²) in [7, 11) is 3.76. The van der Waals surface area contributed by atoms with Crippen molar-refractivity contribution in [1.82, 2.24) is 10.2 Å². The fraction of sp³-hybridized carbons (Fsp3) is 0.684. The molecule has 1 saturated carbocycles. The van der Waals surface area contributed by atoms with Gasteiger partial charge < -0.3 is 20.1 Å². The van der Waals surface area contributed by atoms with Crippen molar-refractivity contribution in [3.63, 3.8) is 0 Å². The third kappa shape index (κ3) is 3.05. The molecule has 5 heteroatoms. The van der Waals surface area contributed by atoms with Gasteiger partial charge in [-0.15, -0.1) is 0 Å². The lowest BCUT2D eigenvalue weighted by molar-refractivity contribution is -0.0828. The van der Waals surface area contributed by atoms with Crippen LogP contribution in [-0.2, 0) is 6.54 Å². The van der Waals surface area contributed by atoms with Gasteiger partial charge in [-0.25, -0.2) is 4.39 Å². The molecule has 2 aliphatic rings. The van der Waals surface area contributed by atoms with Crippen molar-refractivity contribution in [2.24, 2.45) is 11.3 Å². The first kappa shape index (κ1) is 17.6. The van der Waals surface area contributed by atoms with Gasteiger partial charge in [-0.05, 0) is 44.0 Å². The van der Waals surface area contributed by atoms with E-state index in [9.17, 15) is 9.50 Å². The molecule has 1 aliphatic carbocycles. The minimum Gasteiger partial charge on any atom is -0.496 e. The molecule has 2 unspecified atom stereocenters. The Morgan fingerprint density at radius 1 is 1.42 bits per heavy atom. The molecule has 2 fully saturated rings. The Morgan fingerprint density at radius 2 is 2.17 bits per heavy atom. The molecule has 134 valence electrons. The predicted octanol–water partition coefficient (Wildman–Crippen LogP) is 2.40. The third-order valence-electron chi connectivity index (χ3n) is 5.80. The highest BCUT2D eigenvalue weighted by Gasteiger charge is 2.57. The van der Waals surface area contributed by atoms with Crippen molar-refractivity contribution in [2.45, 2.75) is 51.4 Å². The number of aliphatic hydroxyl groups is 1. The molecule has 1 aromatic carbocycles. The lowest BCUT2D eigenvalue weighted by Gasteiger charge is -2.57. The quantitative estimate of drug-likeness (QED) is 0.867. The summed E-state index contributed by atoms with van der Waals surface area (Å²) in [6.07, 6.45) is 1.47. The Kier molecular flexibility index (Phi) is 4.87. The second-order valence-corrected chi connectivity index (χ2v) is 7.89. The maximum atomic E-state index is 13.5. The molecule has 3 rings (SSSR count). The van der Waals surface area contributed by atoms with Gasteiger partial charge in [0.05, 0.1) is 13.2 Å². The van der Waals surface area contributed by atoms with Gasteiger partial charge in [0.25, 0.3) is 0 Å². The Labute approximate surface area is 144 Å². The van der Waals surface area contributed by atoms with Crippen molar-refractivity contribution < 1.29 is 14.2 Å². The molecule has 24 heavy (non-hydrogen) atoms. The van der Waals surface area contributed by atoms with Crippen LogP contribution in [0.2, 0.25) is 0 Å². The standard InChI is InChI=1S/C19H29FN2O2/c1-12(2)18-19(11-22(18)3)8-15(16(23)9-19)21-10-13-7-14(20)5-6-17(13)24-4/h5-7,12,15-16,18,21,23H,8-11H2,1-4H3/t15-,16-,18?,19?/m1/s1. The van der Waals surface area contributed by atoms with Crippen LogP contribution in [0.3, 0.4) is 0 Å². The molecule has 0 radical (unpaired) electrons. The summed E-state index contributed by atoms with van der Waals surface area (Å²) in [5.41, 5.74) is 1.00. The Balaban J connectivity index is 1.66. The van der Waals surface area contributed by atoms with Crippen LogP contribution in [0.5, 0.6) is 5.75 Å². The van der Waals surface area contributed by atoms with E-state index in [0.717, 1.165) is 24.9 Å². The van der Waals surface area contributed by atoms with Crippen molar-refractivity contribution in [3.05, 3.63) is 29.6 Å². The maximum Gasteiger partial charge on any atom is 0.123 e. The molecule has 1 heterocycles. The highest BCUT2D eigenvalue weighted by molar-refractivity contribution is 5.34. The highest BCUT2D eigenvalue weighted by atomic mass is 19.1. The van der Waals surface area contributed by atoms with Crippen molar-refractivity contribution in [1.29, 1.82) is 0 Å². The van der Waals surface area contributed by atoms with Crippen LogP contribution in [0, 0.1) is 17.2 Å². The van der Waals surface area contributed by atoms with Crippen LogP contribution in [0.1, 0.15) is 32.3 Å². The SMILES string of the molecule is COc1ccc(F)cc1CN[C@@H]1CC2(C[C@H]1O)CN(C)C2C(C)C. The summed E-state index contributed by atoms with van der Waals surface area (Å²) < 4.78 is 18.8. The van der Waals surface area contributed by atoms with E-state index in [4.69, 9.17) is 4.74 Å². The number of nitrogens with zero attached hydrogens (tertiary/aromatic N) is 1. The number of ether oxygens (including phenoxy) is 1. The molecule has 1 spiro atoms. The minimum atomic E-state index is -0.348. The molecule has 1 aliphatic heterocycles. The molecule has 2 N–H and O–H groups in total. The van der Waals surface area contributed by atoms with E-state index < -0.39 is 0 Å². The zero-order valence-electron chi connectivity index (χ0n) is 15.1. The number of halogens is 1. The van der Waals surface area contributed by atoms with Crippen molar-refractivity contribution in [2.75, 3.05) is 20.7 Å². The van der Waals surface area contributed by atoms with Gasteiger partial charge in [0.1, 0.15) is 11.6 Å². The predicted molar refractivity (Wildman–Crippen MR) is 92.5 cm³/mol. The van der Waals surface area contributed by atoms with Crippen LogP contribution >= 0.6 is 0 Å². The smallest absolute Gasteiger partial charge is 0.123 e. The first-order chi connectivity index (χ1) is 11.4. The fourth-order valence-electron chi connectivity index (χ4n) is 5.18. The van der Waals surface area contributed by atoms with E-state index >= 15 is 0 Å². The maximum absolute atomic E-state index is 13.5. The van der Waals surface area contributed by atoms with Gasteiger partial charge in [0.2, 0.25) is 0 Å². The average Bonchev–Trinajstić information content (AvgIpc) is 2.82. The van der Waals surface area contributed by atoms with Crippen LogP contribution in [-0.4, -0.2) is 48.9 Å². The molecule has 4 nitrogen and oxygen atoms in total. The Hall–Kier alpha value is -1.17. The van der Waals surface area contributed by atoms with E-state index in [0.29, 0.717) is 24.3 Å². The number of nitrogens with one attached hydrogen (secondary N) is 1. The molecule has 0 aromatic heterocycles. The highest BCUT2D eigenvalue weighted by Crippen LogP contribution is 2.52. The normalized spacial score (nSPS) is 33.2. The summed E-state index contributed by atoms with van der Waals surface area (Å²) in [6, 6.07) is 5.13. The Morgan fingerprint density at radius 3 is 2.79 bits per heavy atom. The minimum absolute atomic E-state index is 0.0490. The first-order valence-electron chi connectivity index (χ1n) is 8.80. The van der Waals surface area contributed by atoms with Gasteiger partial charge in [-0.3, -0.25) is 0 Å². The molecule has 0 amide bonds. The number of rotatable bonds is 5. The second kappa shape index (κ2) is 6.62. The molecular formula is C19H29FN2O2. The van der Waals surface area contributed by atoms with Crippen LogP contribution in [0.15, 0.2) is 18.2 Å². The molecule has 1 saturated heterocycles. The third-order valence-corrected chi connectivity index (χ3v) is 5.80. The lowest BCUT2D eigenvalue weighted by Crippen LogP contribution is -2.64. The number of benzene rings is 1. The van der Waals surface area contributed by atoms with E-state index in [2.05, 4.69) is 31.1 Å². The van der Waals surface area contributed by atoms with E-state index in [-0.39, 0.29) is 23.4 Å².